The fourth-order valence-electron chi connectivity index (χ4n) is 2.60. The van der Waals surface area contributed by atoms with Crippen molar-refractivity contribution in [2.75, 3.05) is 19.6 Å². The number of hydrogen-bond donors (Lipinski definition) is 2. The summed E-state index contributed by atoms with van der Waals surface area (Å²) < 4.78 is 13.9. The van der Waals surface area contributed by atoms with Crippen LogP contribution in [0.3, 0.4) is 0 Å². The third-order valence-corrected chi connectivity index (χ3v) is 3.67. The van der Waals surface area contributed by atoms with Crippen LogP contribution in [0.4, 0.5) is 4.39 Å². The van der Waals surface area contributed by atoms with Gasteiger partial charge in [-0.05, 0) is 19.1 Å². The number of piperazine rings is 1. The molecule has 110 valence electrons. The molecule has 2 aromatic rings. The molecule has 6 heteroatoms. The van der Waals surface area contributed by atoms with Crippen molar-refractivity contribution < 1.29 is 9.18 Å². The van der Waals surface area contributed by atoms with Crippen LogP contribution in [0, 0.1) is 5.82 Å². The minimum Gasteiger partial charge on any atom is -0.336 e. The summed E-state index contributed by atoms with van der Waals surface area (Å²) in [6, 6.07) is 6.62. The predicted molar refractivity (Wildman–Crippen MR) is 77.3 cm³/mol. The Morgan fingerprint density at radius 2 is 2.24 bits per heavy atom. The summed E-state index contributed by atoms with van der Waals surface area (Å²) in [6.07, 6.45) is 1.47. The van der Waals surface area contributed by atoms with E-state index in [0.717, 1.165) is 6.54 Å². The van der Waals surface area contributed by atoms with Gasteiger partial charge in [0, 0.05) is 31.2 Å². The summed E-state index contributed by atoms with van der Waals surface area (Å²) in [5.41, 5.74) is 1.21. The van der Waals surface area contributed by atoms with Crippen LogP contribution in [0.5, 0.6) is 0 Å². The van der Waals surface area contributed by atoms with Crippen LogP contribution in [0.1, 0.15) is 17.3 Å². The van der Waals surface area contributed by atoms with Crippen LogP contribution in [-0.4, -0.2) is 46.7 Å². The number of rotatable bonds is 2. The van der Waals surface area contributed by atoms with Crippen LogP contribution in [0.25, 0.3) is 11.3 Å². The number of carbonyl (C=O) groups is 1. The molecule has 1 aromatic carbocycles. The number of carbonyl (C=O) groups excluding carboxylic acids is 1. The minimum absolute atomic E-state index is 0.115. The molecule has 1 aromatic heterocycles. The highest BCUT2D eigenvalue weighted by Gasteiger charge is 2.25. The van der Waals surface area contributed by atoms with E-state index in [1.54, 1.807) is 23.1 Å². The summed E-state index contributed by atoms with van der Waals surface area (Å²) in [7, 11) is 0. The molecule has 0 saturated carbocycles. The van der Waals surface area contributed by atoms with E-state index in [2.05, 4.69) is 15.5 Å². The number of nitrogens with zero attached hydrogens (tertiary/aromatic N) is 2. The number of aromatic amines is 1. The zero-order valence-electron chi connectivity index (χ0n) is 11.8. The highest BCUT2D eigenvalue weighted by Crippen LogP contribution is 2.25. The second kappa shape index (κ2) is 5.65. The number of benzene rings is 1. The molecule has 1 saturated heterocycles. The Balaban J connectivity index is 1.92. The molecule has 1 fully saturated rings. The lowest BCUT2D eigenvalue weighted by atomic mass is 10.1. The van der Waals surface area contributed by atoms with E-state index in [-0.39, 0.29) is 17.8 Å². The van der Waals surface area contributed by atoms with Gasteiger partial charge in [0.05, 0.1) is 17.5 Å². The summed E-state index contributed by atoms with van der Waals surface area (Å²) in [5.74, 6) is -0.486. The van der Waals surface area contributed by atoms with E-state index in [0.29, 0.717) is 29.9 Å². The van der Waals surface area contributed by atoms with Gasteiger partial charge in [0.15, 0.2) is 0 Å². The Morgan fingerprint density at radius 1 is 1.43 bits per heavy atom. The molecular formula is C15H17FN4O. The maximum absolute atomic E-state index is 13.9. The zero-order chi connectivity index (χ0) is 14.8. The quantitative estimate of drug-likeness (QED) is 0.883. The minimum atomic E-state index is -0.371. The average molecular weight is 288 g/mol. The second-order valence-electron chi connectivity index (χ2n) is 5.24. The van der Waals surface area contributed by atoms with Crippen LogP contribution in [0.15, 0.2) is 30.5 Å². The molecule has 0 spiro atoms. The molecule has 2 heterocycles. The number of H-pyrrole nitrogens is 1. The molecule has 3 rings (SSSR count). The first-order valence-corrected chi connectivity index (χ1v) is 6.97. The molecule has 1 atom stereocenters. The van der Waals surface area contributed by atoms with E-state index < -0.39 is 0 Å². The molecule has 0 aliphatic carbocycles. The van der Waals surface area contributed by atoms with E-state index in [4.69, 9.17) is 0 Å². The molecule has 0 unspecified atom stereocenters. The Bertz CT molecular complexity index is 655. The molecule has 2 N–H and O–H groups in total. The lowest BCUT2D eigenvalue weighted by Gasteiger charge is -2.31. The third-order valence-electron chi connectivity index (χ3n) is 3.67. The Morgan fingerprint density at radius 3 is 3.00 bits per heavy atom. The van der Waals surface area contributed by atoms with Gasteiger partial charge in [-0.15, -0.1) is 0 Å². The molecule has 5 nitrogen and oxygen atoms in total. The van der Waals surface area contributed by atoms with E-state index in [1.165, 1.54) is 12.3 Å². The molecule has 21 heavy (non-hydrogen) atoms. The molecule has 1 amide bonds. The second-order valence-corrected chi connectivity index (χ2v) is 5.24. The average Bonchev–Trinajstić information content (AvgIpc) is 2.96. The van der Waals surface area contributed by atoms with Gasteiger partial charge in [0.2, 0.25) is 0 Å². The van der Waals surface area contributed by atoms with Gasteiger partial charge in [0.25, 0.3) is 5.91 Å². The Labute approximate surface area is 122 Å². The summed E-state index contributed by atoms with van der Waals surface area (Å²) >= 11 is 0. The summed E-state index contributed by atoms with van der Waals surface area (Å²) in [6.45, 7) is 4.08. The van der Waals surface area contributed by atoms with Gasteiger partial charge in [-0.25, -0.2) is 4.39 Å². The molecule has 0 bridgehead atoms. The van der Waals surface area contributed by atoms with E-state index in [9.17, 15) is 9.18 Å². The van der Waals surface area contributed by atoms with Crippen LogP contribution < -0.4 is 5.32 Å². The van der Waals surface area contributed by atoms with Crippen molar-refractivity contribution in [1.82, 2.24) is 20.4 Å². The van der Waals surface area contributed by atoms with Gasteiger partial charge in [-0.2, -0.15) is 5.10 Å². The summed E-state index contributed by atoms with van der Waals surface area (Å²) in [4.78, 5) is 14.4. The predicted octanol–water partition coefficient (Wildman–Crippen LogP) is 1.65. The number of hydrogen-bond acceptors (Lipinski definition) is 3. The fraction of sp³-hybridized carbons (Fsp3) is 0.333. The first-order valence-electron chi connectivity index (χ1n) is 6.97. The lowest BCUT2D eigenvalue weighted by molar-refractivity contribution is 0.0710. The summed E-state index contributed by atoms with van der Waals surface area (Å²) in [5, 5.41) is 9.95. The first kappa shape index (κ1) is 13.8. The third kappa shape index (κ3) is 2.67. The maximum atomic E-state index is 13.9. The monoisotopic (exact) mass is 288 g/mol. The van der Waals surface area contributed by atoms with Crippen molar-refractivity contribution in [3.05, 3.63) is 41.8 Å². The number of halogens is 1. The van der Waals surface area contributed by atoms with Crippen molar-refractivity contribution in [2.24, 2.45) is 0 Å². The molecule has 1 aliphatic rings. The zero-order valence-corrected chi connectivity index (χ0v) is 11.8. The molecule has 0 radical (unpaired) electrons. The first-order chi connectivity index (χ1) is 10.2. The van der Waals surface area contributed by atoms with E-state index >= 15 is 0 Å². The lowest BCUT2D eigenvalue weighted by Crippen LogP contribution is -2.51. The van der Waals surface area contributed by atoms with Crippen molar-refractivity contribution in [3.8, 4) is 11.3 Å². The van der Waals surface area contributed by atoms with Gasteiger partial charge in [-0.3, -0.25) is 9.89 Å². The standard InChI is InChI=1S/C15H17FN4O/c1-10-9-20(7-6-17-10)15(21)12-8-18-19-14(12)11-4-2-3-5-13(11)16/h2-5,8,10,17H,6-7,9H2,1H3,(H,18,19)/t10-/m0/s1. The highest BCUT2D eigenvalue weighted by molar-refractivity contribution is 5.99. The highest BCUT2D eigenvalue weighted by atomic mass is 19.1. The molecular weight excluding hydrogens is 271 g/mol. The van der Waals surface area contributed by atoms with Gasteiger partial charge in [-0.1, -0.05) is 12.1 Å². The number of nitrogens with one attached hydrogen (secondary N) is 2. The van der Waals surface area contributed by atoms with Gasteiger partial charge < -0.3 is 10.2 Å². The fourth-order valence-corrected chi connectivity index (χ4v) is 2.60. The largest absolute Gasteiger partial charge is 0.336 e. The SMILES string of the molecule is C[C@H]1CN(C(=O)c2cn[nH]c2-c2ccccc2F)CCN1. The normalized spacial score (nSPS) is 18.8. The van der Waals surface area contributed by atoms with Crippen LogP contribution in [0.2, 0.25) is 0 Å². The van der Waals surface area contributed by atoms with Crippen molar-refractivity contribution >= 4 is 5.91 Å². The smallest absolute Gasteiger partial charge is 0.257 e. The Kier molecular flexibility index (Phi) is 3.70. The Hall–Kier alpha value is -2.21. The molecule has 1 aliphatic heterocycles. The van der Waals surface area contributed by atoms with Gasteiger partial charge >= 0.3 is 0 Å². The maximum Gasteiger partial charge on any atom is 0.257 e. The van der Waals surface area contributed by atoms with Crippen LogP contribution >= 0.6 is 0 Å². The van der Waals surface area contributed by atoms with Crippen molar-refractivity contribution in [1.29, 1.82) is 0 Å². The van der Waals surface area contributed by atoms with Crippen molar-refractivity contribution in [3.63, 3.8) is 0 Å². The van der Waals surface area contributed by atoms with Gasteiger partial charge in [0.1, 0.15) is 5.82 Å². The van der Waals surface area contributed by atoms with E-state index in [1.807, 2.05) is 6.92 Å². The van der Waals surface area contributed by atoms with Crippen LogP contribution in [-0.2, 0) is 0 Å². The number of aromatic nitrogens is 2. The topological polar surface area (TPSA) is 61.0 Å². The van der Waals surface area contributed by atoms with Crippen molar-refractivity contribution in [2.45, 2.75) is 13.0 Å². The number of amides is 1.